The van der Waals surface area contributed by atoms with Crippen LogP contribution in [0.5, 0.6) is 0 Å². The average Bonchev–Trinajstić information content (AvgIpc) is 2.68. The summed E-state index contributed by atoms with van der Waals surface area (Å²) >= 11 is 2.69. The maximum atomic E-state index is 11.6. The number of rotatable bonds is 22. The van der Waals surface area contributed by atoms with E-state index in [1.54, 1.807) is 0 Å². The van der Waals surface area contributed by atoms with E-state index in [2.05, 4.69) is 6.92 Å². The Labute approximate surface area is 184 Å². The Hall–Kier alpha value is 0.570. The van der Waals surface area contributed by atoms with Crippen LogP contribution in [-0.2, 0) is 18.8 Å². The van der Waals surface area contributed by atoms with Gasteiger partial charge < -0.3 is 0 Å². The number of hydrogen-bond donors (Lipinski definition) is 0. The monoisotopic (exact) mass is 456 g/mol. The van der Waals surface area contributed by atoms with Crippen LogP contribution in [0.3, 0.4) is 0 Å². The van der Waals surface area contributed by atoms with Gasteiger partial charge in [0.15, 0.2) is 4.77 Å². The summed E-state index contributed by atoms with van der Waals surface area (Å²) in [6.07, 6.45) is 24.4. The Morgan fingerprint density at radius 2 is 1.00 bits per heavy atom. The van der Waals surface area contributed by atoms with Gasteiger partial charge in [-0.1, -0.05) is 103 Å². The fourth-order valence-electron chi connectivity index (χ4n) is 3.11. The highest BCUT2D eigenvalue weighted by Gasteiger charge is 2.18. The summed E-state index contributed by atoms with van der Waals surface area (Å²) in [5.41, 5.74) is 0. The van der Waals surface area contributed by atoms with Crippen LogP contribution in [0.1, 0.15) is 110 Å². The van der Waals surface area contributed by atoms with Crippen LogP contribution in [0.25, 0.3) is 0 Å². The topological polar surface area (TPSA) is 52.6 Å². The molecule has 4 nitrogen and oxygen atoms in total. The third-order valence-electron chi connectivity index (χ3n) is 4.81. The molecule has 0 spiro atoms. The van der Waals surface area contributed by atoms with Crippen LogP contribution in [0.2, 0.25) is 0 Å². The fraction of sp³-hybridized carbons (Fsp3) is 1.00. The molecule has 0 heterocycles. The van der Waals surface area contributed by atoms with Crippen molar-refractivity contribution in [3.63, 3.8) is 0 Å². The minimum atomic E-state index is -3.87. The van der Waals surface area contributed by atoms with Gasteiger partial charge in [-0.2, -0.15) is 8.42 Å². The molecule has 0 saturated heterocycles. The lowest BCUT2D eigenvalue weighted by Crippen LogP contribution is -2.15. The number of thioether (sulfide) groups is 2. The fourth-order valence-corrected chi connectivity index (χ4v) is 5.66. The molecule has 0 aliphatic carbocycles. The van der Waals surface area contributed by atoms with Crippen LogP contribution in [0.15, 0.2) is 0 Å². The van der Waals surface area contributed by atoms with Crippen LogP contribution in [0.4, 0.5) is 0 Å². The van der Waals surface area contributed by atoms with Gasteiger partial charge >= 0.3 is 10.4 Å². The molecule has 28 heavy (non-hydrogen) atoms. The lowest BCUT2D eigenvalue weighted by Gasteiger charge is -2.12. The number of unbranched alkanes of at least 4 members (excludes halogenated alkanes) is 15. The first-order valence-electron chi connectivity index (χ1n) is 11.2. The molecule has 0 fully saturated rings. The first kappa shape index (κ1) is 28.6. The predicted octanol–water partition coefficient (Wildman–Crippen LogP) is 7.54. The van der Waals surface area contributed by atoms with E-state index in [1.165, 1.54) is 107 Å². The Balaban J connectivity index is 3.29. The van der Waals surface area contributed by atoms with Crippen molar-refractivity contribution >= 4 is 33.9 Å². The molecule has 0 aromatic carbocycles. The van der Waals surface area contributed by atoms with Crippen LogP contribution < -0.4 is 0 Å². The molecule has 0 aliphatic rings. The van der Waals surface area contributed by atoms with Crippen molar-refractivity contribution in [3.8, 4) is 0 Å². The SMILES string of the molecule is CCCCCCCCCCCCCCCCCCOS(=O)(=O)OC(SC)SC. The van der Waals surface area contributed by atoms with E-state index in [0.717, 1.165) is 19.3 Å². The molecule has 0 aromatic rings. The summed E-state index contributed by atoms with van der Waals surface area (Å²) in [5.74, 6) is 0. The quantitative estimate of drug-likeness (QED) is 0.124. The van der Waals surface area contributed by atoms with Gasteiger partial charge in [0.25, 0.3) is 0 Å². The van der Waals surface area contributed by atoms with E-state index < -0.39 is 15.2 Å². The van der Waals surface area contributed by atoms with Gasteiger partial charge in [0, 0.05) is 0 Å². The molecule has 0 radical (unpaired) electrons. The molecule has 0 N–H and O–H groups in total. The Kier molecular flexibility index (Phi) is 21.3. The Morgan fingerprint density at radius 1 is 0.643 bits per heavy atom. The highest BCUT2D eigenvalue weighted by molar-refractivity contribution is 8.16. The molecule has 0 saturated carbocycles. The molecule has 170 valence electrons. The van der Waals surface area contributed by atoms with Gasteiger partial charge in [-0.15, -0.1) is 23.5 Å². The first-order valence-corrected chi connectivity index (χ1v) is 15.1. The largest absolute Gasteiger partial charge is 0.401 e. The minimum Gasteiger partial charge on any atom is -0.248 e. The van der Waals surface area contributed by atoms with Gasteiger partial charge in [0.05, 0.1) is 6.61 Å². The van der Waals surface area contributed by atoms with Crippen molar-refractivity contribution in [1.29, 1.82) is 0 Å². The third kappa shape index (κ3) is 19.9. The Morgan fingerprint density at radius 3 is 1.36 bits per heavy atom. The molecule has 0 aromatic heterocycles. The highest BCUT2D eigenvalue weighted by atomic mass is 32.3. The second-order valence-corrected chi connectivity index (χ2v) is 10.7. The molecule has 0 bridgehead atoms. The summed E-state index contributed by atoms with van der Waals surface area (Å²) in [6.45, 7) is 2.49. The van der Waals surface area contributed by atoms with Crippen LogP contribution >= 0.6 is 23.5 Å². The second-order valence-electron chi connectivity index (χ2n) is 7.39. The molecule has 0 unspecified atom stereocenters. The van der Waals surface area contributed by atoms with Crippen molar-refractivity contribution in [3.05, 3.63) is 0 Å². The van der Waals surface area contributed by atoms with Gasteiger partial charge in [-0.05, 0) is 18.9 Å². The molecule has 0 amide bonds. The third-order valence-corrected chi connectivity index (χ3v) is 8.05. The van der Waals surface area contributed by atoms with Gasteiger partial charge in [-0.25, -0.2) is 8.37 Å². The van der Waals surface area contributed by atoms with Gasteiger partial charge in [0.1, 0.15) is 0 Å². The minimum absolute atomic E-state index is 0.219. The molecule has 0 atom stereocenters. The van der Waals surface area contributed by atoms with Crippen molar-refractivity contribution < 1.29 is 16.8 Å². The van der Waals surface area contributed by atoms with Crippen molar-refractivity contribution in [1.82, 2.24) is 0 Å². The lowest BCUT2D eigenvalue weighted by molar-refractivity contribution is 0.225. The van der Waals surface area contributed by atoms with Crippen molar-refractivity contribution in [2.24, 2.45) is 0 Å². The molecular weight excluding hydrogens is 412 g/mol. The van der Waals surface area contributed by atoms with Gasteiger partial charge in [-0.3, -0.25) is 0 Å². The summed E-state index contributed by atoms with van der Waals surface area (Å²) in [6, 6.07) is 0. The summed E-state index contributed by atoms with van der Waals surface area (Å²) in [7, 11) is -3.87. The van der Waals surface area contributed by atoms with Crippen molar-refractivity contribution in [2.45, 2.75) is 114 Å². The zero-order valence-electron chi connectivity index (χ0n) is 18.5. The van der Waals surface area contributed by atoms with Crippen LogP contribution in [-0.4, -0.2) is 32.3 Å². The van der Waals surface area contributed by atoms with E-state index in [4.69, 9.17) is 8.37 Å². The standard InChI is InChI=1S/C21H44O4S3/c1-4-5-6-7-8-9-10-11-12-13-14-15-16-17-18-19-20-24-28(22,23)25-21(26-2)27-3/h21H,4-20H2,1-3H3. The smallest absolute Gasteiger partial charge is 0.248 e. The summed E-state index contributed by atoms with van der Waals surface area (Å²) in [4.78, 5) is 0. The summed E-state index contributed by atoms with van der Waals surface area (Å²) in [5, 5.41) is 0. The number of hydrogen-bond acceptors (Lipinski definition) is 6. The highest BCUT2D eigenvalue weighted by Crippen LogP contribution is 2.22. The molecular formula is C21H44O4S3. The van der Waals surface area contributed by atoms with E-state index >= 15 is 0 Å². The first-order chi connectivity index (χ1) is 13.6. The second kappa shape index (κ2) is 20.8. The molecule has 0 rings (SSSR count). The van der Waals surface area contributed by atoms with Crippen LogP contribution in [0, 0.1) is 0 Å². The van der Waals surface area contributed by atoms with E-state index in [1.807, 2.05) is 12.5 Å². The molecule has 0 aliphatic heterocycles. The maximum Gasteiger partial charge on any atom is 0.401 e. The zero-order chi connectivity index (χ0) is 20.9. The molecule has 7 heteroatoms. The van der Waals surface area contributed by atoms with Gasteiger partial charge in [0.2, 0.25) is 0 Å². The summed E-state index contributed by atoms with van der Waals surface area (Å²) < 4.78 is 32.7. The van der Waals surface area contributed by atoms with E-state index in [9.17, 15) is 8.42 Å². The van der Waals surface area contributed by atoms with Crippen molar-refractivity contribution in [2.75, 3.05) is 19.1 Å². The Bertz CT molecular complexity index is 412. The van der Waals surface area contributed by atoms with E-state index in [0.29, 0.717) is 0 Å². The average molecular weight is 457 g/mol. The van der Waals surface area contributed by atoms with E-state index in [-0.39, 0.29) is 6.61 Å². The lowest BCUT2D eigenvalue weighted by atomic mass is 10.0. The predicted molar refractivity (Wildman–Crippen MR) is 126 cm³/mol. The normalized spacial score (nSPS) is 12.1. The zero-order valence-corrected chi connectivity index (χ0v) is 20.9. The maximum absolute atomic E-state index is 11.6.